The van der Waals surface area contributed by atoms with E-state index in [0.717, 1.165) is 10.8 Å². The molecule has 1 unspecified atom stereocenters. The number of carbonyl (C=O) groups is 3. The molecule has 0 saturated carbocycles. The number of furan rings is 1. The van der Waals surface area contributed by atoms with Gasteiger partial charge in [-0.3, -0.25) is 15.0 Å². The van der Waals surface area contributed by atoms with Crippen LogP contribution in [0.25, 0.3) is 10.8 Å². The van der Waals surface area contributed by atoms with Crippen molar-refractivity contribution < 1.29 is 28.6 Å². The lowest BCUT2D eigenvalue weighted by atomic mass is 10.1. The Morgan fingerprint density at radius 3 is 2.35 bits per heavy atom. The molecular weight excluding hydrogens is 616 g/mol. The molecule has 3 rings (SSSR count). The van der Waals surface area contributed by atoms with Gasteiger partial charge in [0.05, 0.1) is 6.54 Å². The molecule has 0 aliphatic rings. The number of fused-ring (bicyclic) bond motifs is 1. The number of ether oxygens (including phenoxy) is 1. The van der Waals surface area contributed by atoms with E-state index in [1.54, 1.807) is 36.4 Å². The molecule has 1 aromatic heterocycles. The molecule has 1 heterocycles. The number of nitrogens with zero attached hydrogens (tertiary/aromatic N) is 1. The zero-order chi connectivity index (χ0) is 25.5. The molecule has 0 spiro atoms. The highest BCUT2D eigenvalue weighted by atomic mass is 79.9. The fourth-order valence-corrected chi connectivity index (χ4v) is 3.18. The lowest BCUT2D eigenvalue weighted by Gasteiger charge is -2.11. The standard InChI is InChI=1S/C23H24N6O6.2BrH/c24-20(25)14-2-1-13-10-15(4-3-12(13)9-14)35-22(33)18-7-5-16(34-18)11-28-21(32)17(29-23(26)27)6-8-19(30)31;;/h1-5,7,9-10,17H,6,8,11H2,(H3,24,25)(H,28,32)(H,30,31)(H4,26,27,29);2*1H. The van der Waals surface area contributed by atoms with Crippen molar-refractivity contribution in [3.05, 3.63) is 65.6 Å². The average Bonchev–Trinajstić information content (AvgIpc) is 3.28. The number of aliphatic imine (C=N–C) groups is 1. The van der Waals surface area contributed by atoms with Crippen molar-refractivity contribution in [1.29, 1.82) is 5.41 Å². The molecule has 12 nitrogen and oxygen atoms in total. The van der Waals surface area contributed by atoms with Crippen LogP contribution in [0.5, 0.6) is 5.75 Å². The first kappa shape index (κ1) is 31.1. The van der Waals surface area contributed by atoms with Gasteiger partial charge in [-0.2, -0.15) is 0 Å². The van der Waals surface area contributed by atoms with Gasteiger partial charge in [-0.05, 0) is 47.5 Å². The fourth-order valence-electron chi connectivity index (χ4n) is 3.18. The number of guanidine groups is 1. The van der Waals surface area contributed by atoms with Gasteiger partial charge in [0.1, 0.15) is 23.4 Å². The van der Waals surface area contributed by atoms with Gasteiger partial charge in [-0.1, -0.05) is 18.2 Å². The van der Waals surface area contributed by atoms with Crippen LogP contribution in [-0.2, 0) is 16.1 Å². The smallest absolute Gasteiger partial charge is 0.379 e. The van der Waals surface area contributed by atoms with Crippen LogP contribution in [0.3, 0.4) is 0 Å². The minimum Gasteiger partial charge on any atom is -0.481 e. The maximum atomic E-state index is 12.5. The number of amides is 1. The number of carboxylic acids is 1. The molecule has 2 aromatic carbocycles. The first-order valence-electron chi connectivity index (χ1n) is 10.4. The van der Waals surface area contributed by atoms with Crippen molar-refractivity contribution in [2.75, 3.05) is 0 Å². The van der Waals surface area contributed by atoms with E-state index in [0.29, 0.717) is 11.3 Å². The molecule has 37 heavy (non-hydrogen) atoms. The number of rotatable bonds is 10. The molecule has 0 radical (unpaired) electrons. The molecule has 9 N–H and O–H groups in total. The summed E-state index contributed by atoms with van der Waals surface area (Å²) in [7, 11) is 0. The summed E-state index contributed by atoms with van der Waals surface area (Å²) in [4.78, 5) is 39.3. The number of aliphatic carboxylic acids is 1. The number of nitrogens with one attached hydrogen (secondary N) is 2. The molecular formula is C23H26Br2N6O6. The van der Waals surface area contributed by atoms with E-state index in [1.165, 1.54) is 12.1 Å². The number of nitrogens with two attached hydrogens (primary N) is 3. The second kappa shape index (κ2) is 14.0. The summed E-state index contributed by atoms with van der Waals surface area (Å²) in [6.45, 7) is -0.0792. The van der Waals surface area contributed by atoms with E-state index in [2.05, 4.69) is 10.3 Å². The van der Waals surface area contributed by atoms with E-state index in [9.17, 15) is 14.4 Å². The van der Waals surface area contributed by atoms with Gasteiger partial charge in [-0.15, -0.1) is 34.0 Å². The van der Waals surface area contributed by atoms with Crippen molar-refractivity contribution in [2.24, 2.45) is 22.2 Å². The zero-order valence-corrected chi connectivity index (χ0v) is 22.7. The molecule has 1 atom stereocenters. The number of hydrogen-bond acceptors (Lipinski definition) is 7. The lowest BCUT2D eigenvalue weighted by Crippen LogP contribution is -2.36. The van der Waals surface area contributed by atoms with Crippen molar-refractivity contribution in [3.8, 4) is 5.75 Å². The summed E-state index contributed by atoms with van der Waals surface area (Å²) in [5.41, 5.74) is 16.7. The van der Waals surface area contributed by atoms with Gasteiger partial charge in [0.15, 0.2) is 5.96 Å². The van der Waals surface area contributed by atoms with Crippen LogP contribution < -0.4 is 27.3 Å². The molecule has 0 bridgehead atoms. The van der Waals surface area contributed by atoms with Crippen LogP contribution in [0.1, 0.15) is 34.7 Å². The summed E-state index contributed by atoms with van der Waals surface area (Å²) in [5.74, 6) is -2.31. The molecule has 1 amide bonds. The predicted molar refractivity (Wildman–Crippen MR) is 148 cm³/mol. The van der Waals surface area contributed by atoms with Crippen LogP contribution in [-0.4, -0.2) is 40.8 Å². The third-order valence-corrected chi connectivity index (χ3v) is 4.87. The molecule has 14 heteroatoms. The van der Waals surface area contributed by atoms with Crippen LogP contribution in [0, 0.1) is 5.41 Å². The summed E-state index contributed by atoms with van der Waals surface area (Å²) in [6.07, 6.45) is -0.380. The highest BCUT2D eigenvalue weighted by molar-refractivity contribution is 8.93. The van der Waals surface area contributed by atoms with Crippen molar-refractivity contribution in [2.45, 2.75) is 25.4 Å². The summed E-state index contributed by atoms with van der Waals surface area (Å²) in [5, 5.41) is 20.5. The number of benzene rings is 2. The van der Waals surface area contributed by atoms with E-state index in [1.807, 2.05) is 0 Å². The maximum Gasteiger partial charge on any atom is 0.379 e. The van der Waals surface area contributed by atoms with Gasteiger partial charge in [0.2, 0.25) is 11.7 Å². The zero-order valence-electron chi connectivity index (χ0n) is 19.3. The van der Waals surface area contributed by atoms with Crippen LogP contribution in [0.2, 0.25) is 0 Å². The number of carboxylic acid groups (broad SMARTS) is 1. The van der Waals surface area contributed by atoms with Crippen LogP contribution in [0.4, 0.5) is 0 Å². The van der Waals surface area contributed by atoms with Gasteiger partial charge in [0.25, 0.3) is 0 Å². The predicted octanol–water partition coefficient (Wildman–Crippen LogP) is 2.21. The molecule has 0 aliphatic carbocycles. The SMILES string of the molecule is Br.Br.N=C(N)c1ccc2cc(OC(=O)c3ccc(CNC(=O)C(CCC(=O)O)N=C(N)N)o3)ccc2c1. The van der Waals surface area contributed by atoms with Crippen LogP contribution in [0.15, 0.2) is 57.9 Å². The monoisotopic (exact) mass is 640 g/mol. The van der Waals surface area contributed by atoms with E-state index >= 15 is 0 Å². The van der Waals surface area contributed by atoms with Crippen LogP contribution >= 0.6 is 34.0 Å². The summed E-state index contributed by atoms with van der Waals surface area (Å²) < 4.78 is 10.8. The summed E-state index contributed by atoms with van der Waals surface area (Å²) in [6, 6.07) is 12.1. The number of amidine groups is 1. The molecule has 0 saturated heterocycles. The molecule has 0 aliphatic heterocycles. The lowest BCUT2D eigenvalue weighted by molar-refractivity contribution is -0.137. The quantitative estimate of drug-likeness (QED) is 0.0825. The normalized spacial score (nSPS) is 10.8. The molecule has 198 valence electrons. The van der Waals surface area contributed by atoms with Gasteiger partial charge >= 0.3 is 11.9 Å². The Bertz CT molecular complexity index is 1320. The average molecular weight is 642 g/mol. The second-order valence-corrected chi connectivity index (χ2v) is 7.51. The van der Waals surface area contributed by atoms with E-state index in [-0.39, 0.29) is 76.7 Å². The van der Waals surface area contributed by atoms with Gasteiger partial charge in [-0.25, -0.2) is 9.79 Å². The largest absolute Gasteiger partial charge is 0.481 e. The number of halogens is 2. The molecule has 0 fully saturated rings. The van der Waals surface area contributed by atoms with Gasteiger partial charge < -0.3 is 36.8 Å². The van der Waals surface area contributed by atoms with E-state index < -0.39 is 23.9 Å². The highest BCUT2D eigenvalue weighted by Crippen LogP contribution is 2.23. The fraction of sp³-hybridized carbons (Fsp3) is 0.174. The Morgan fingerprint density at radius 1 is 1.03 bits per heavy atom. The van der Waals surface area contributed by atoms with Crippen molar-refractivity contribution in [3.63, 3.8) is 0 Å². The topological polar surface area (TPSA) is 220 Å². The Labute approximate surface area is 232 Å². The summed E-state index contributed by atoms with van der Waals surface area (Å²) >= 11 is 0. The second-order valence-electron chi connectivity index (χ2n) is 7.51. The highest BCUT2D eigenvalue weighted by Gasteiger charge is 2.20. The number of hydrogen-bond donors (Lipinski definition) is 6. The minimum absolute atomic E-state index is 0. The minimum atomic E-state index is -1.09. The first-order valence-corrected chi connectivity index (χ1v) is 10.4. The first-order chi connectivity index (χ1) is 16.6. The van der Waals surface area contributed by atoms with E-state index in [4.69, 9.17) is 36.9 Å². The Kier molecular flexibility index (Phi) is 11.8. The third-order valence-electron chi connectivity index (χ3n) is 4.87. The Balaban J connectivity index is 0.00000342. The van der Waals surface area contributed by atoms with Crippen molar-refractivity contribution >= 4 is 74.4 Å². The third kappa shape index (κ3) is 8.91. The van der Waals surface area contributed by atoms with Gasteiger partial charge in [0, 0.05) is 12.0 Å². The number of esters is 1. The van der Waals surface area contributed by atoms with Crippen molar-refractivity contribution in [1.82, 2.24) is 5.32 Å². The molecule has 3 aromatic rings. The number of carbonyl (C=O) groups excluding carboxylic acids is 2. The Hall–Kier alpha value is -3.91. The Morgan fingerprint density at radius 2 is 1.70 bits per heavy atom. The number of nitrogen functional groups attached to an aromatic ring is 1. The maximum absolute atomic E-state index is 12.5.